The van der Waals surface area contributed by atoms with Crippen LogP contribution in [-0.2, 0) is 0 Å². The van der Waals surface area contributed by atoms with Crippen molar-refractivity contribution >= 4 is 5.91 Å². The van der Waals surface area contributed by atoms with Crippen molar-refractivity contribution in [3.05, 3.63) is 29.6 Å². The van der Waals surface area contributed by atoms with E-state index in [-0.39, 0.29) is 5.91 Å². The minimum Gasteiger partial charge on any atom is -0.336 e. The summed E-state index contributed by atoms with van der Waals surface area (Å²) in [4.78, 5) is 18.5. The summed E-state index contributed by atoms with van der Waals surface area (Å²) in [5.41, 5.74) is 1.66. The SMILES string of the molecule is Cc1cc(C(=O)N2CC[C@H](C)C[C@H]2C)ccn1. The first-order valence-corrected chi connectivity index (χ1v) is 6.31. The summed E-state index contributed by atoms with van der Waals surface area (Å²) in [6.45, 7) is 7.19. The van der Waals surface area contributed by atoms with Gasteiger partial charge in [0.05, 0.1) is 0 Å². The first-order valence-electron chi connectivity index (χ1n) is 6.31. The third kappa shape index (κ3) is 2.65. The van der Waals surface area contributed by atoms with Gasteiger partial charge in [0.15, 0.2) is 0 Å². The van der Waals surface area contributed by atoms with Crippen molar-refractivity contribution in [2.75, 3.05) is 6.54 Å². The molecule has 2 heterocycles. The summed E-state index contributed by atoms with van der Waals surface area (Å²) >= 11 is 0. The molecule has 2 atom stereocenters. The predicted molar refractivity (Wildman–Crippen MR) is 67.9 cm³/mol. The molecule has 92 valence electrons. The van der Waals surface area contributed by atoms with Gasteiger partial charge >= 0.3 is 0 Å². The Morgan fingerprint density at radius 2 is 2.24 bits per heavy atom. The molecule has 0 aromatic carbocycles. The average molecular weight is 232 g/mol. The van der Waals surface area contributed by atoms with Crippen molar-refractivity contribution in [2.45, 2.75) is 39.7 Å². The van der Waals surface area contributed by atoms with E-state index >= 15 is 0 Å². The quantitative estimate of drug-likeness (QED) is 0.745. The Morgan fingerprint density at radius 1 is 1.47 bits per heavy atom. The molecule has 1 amide bonds. The van der Waals surface area contributed by atoms with Crippen LogP contribution in [0.15, 0.2) is 18.3 Å². The van der Waals surface area contributed by atoms with Crippen LogP contribution >= 0.6 is 0 Å². The number of nitrogens with zero attached hydrogens (tertiary/aromatic N) is 2. The van der Waals surface area contributed by atoms with E-state index in [0.29, 0.717) is 6.04 Å². The van der Waals surface area contributed by atoms with Gasteiger partial charge < -0.3 is 4.90 Å². The molecule has 0 unspecified atom stereocenters. The maximum absolute atomic E-state index is 12.4. The van der Waals surface area contributed by atoms with Crippen LogP contribution in [0.3, 0.4) is 0 Å². The third-order valence-electron chi connectivity index (χ3n) is 3.54. The number of aromatic nitrogens is 1. The Bertz CT molecular complexity index is 416. The second kappa shape index (κ2) is 4.86. The van der Waals surface area contributed by atoms with Crippen molar-refractivity contribution in [1.29, 1.82) is 0 Å². The number of rotatable bonds is 1. The van der Waals surface area contributed by atoms with Gasteiger partial charge in [-0.15, -0.1) is 0 Å². The molecule has 1 fully saturated rings. The number of amides is 1. The van der Waals surface area contributed by atoms with E-state index in [1.54, 1.807) is 12.3 Å². The van der Waals surface area contributed by atoms with Crippen LogP contribution < -0.4 is 0 Å². The summed E-state index contributed by atoms with van der Waals surface area (Å²) in [6.07, 6.45) is 3.93. The number of piperidine rings is 1. The molecule has 17 heavy (non-hydrogen) atoms. The first-order chi connectivity index (χ1) is 8.08. The Balaban J connectivity index is 2.15. The Kier molecular flexibility index (Phi) is 3.46. The number of pyridine rings is 1. The highest BCUT2D eigenvalue weighted by Crippen LogP contribution is 2.23. The van der Waals surface area contributed by atoms with Crippen molar-refractivity contribution in [1.82, 2.24) is 9.88 Å². The predicted octanol–water partition coefficient (Wildman–Crippen LogP) is 2.65. The molecule has 0 aliphatic carbocycles. The van der Waals surface area contributed by atoms with E-state index in [4.69, 9.17) is 0 Å². The van der Waals surface area contributed by atoms with Gasteiger partial charge in [-0.05, 0) is 44.7 Å². The van der Waals surface area contributed by atoms with E-state index in [2.05, 4.69) is 18.8 Å². The highest BCUT2D eigenvalue weighted by molar-refractivity contribution is 5.94. The van der Waals surface area contributed by atoms with Gasteiger partial charge in [-0.3, -0.25) is 9.78 Å². The number of carbonyl (C=O) groups excluding carboxylic acids is 1. The largest absolute Gasteiger partial charge is 0.336 e. The fraction of sp³-hybridized carbons (Fsp3) is 0.571. The van der Waals surface area contributed by atoms with E-state index in [1.165, 1.54) is 0 Å². The van der Waals surface area contributed by atoms with Gasteiger partial charge in [-0.2, -0.15) is 0 Å². The van der Waals surface area contributed by atoms with Crippen LogP contribution in [0.4, 0.5) is 0 Å². The van der Waals surface area contributed by atoms with Gasteiger partial charge in [0.2, 0.25) is 0 Å². The van der Waals surface area contributed by atoms with Crippen LogP contribution in [0.1, 0.15) is 42.7 Å². The molecule has 1 aromatic heterocycles. The molecular weight excluding hydrogens is 212 g/mol. The third-order valence-corrected chi connectivity index (χ3v) is 3.54. The number of aryl methyl sites for hydroxylation is 1. The highest BCUT2D eigenvalue weighted by Gasteiger charge is 2.27. The molecule has 3 nitrogen and oxygen atoms in total. The second-order valence-electron chi connectivity index (χ2n) is 5.16. The van der Waals surface area contributed by atoms with E-state index in [1.807, 2.05) is 17.9 Å². The molecule has 3 heteroatoms. The van der Waals surface area contributed by atoms with E-state index < -0.39 is 0 Å². The van der Waals surface area contributed by atoms with Crippen LogP contribution in [0.5, 0.6) is 0 Å². The lowest BCUT2D eigenvalue weighted by Crippen LogP contribution is -2.44. The fourth-order valence-corrected chi connectivity index (χ4v) is 2.55. The zero-order valence-corrected chi connectivity index (χ0v) is 10.8. The maximum Gasteiger partial charge on any atom is 0.254 e. The fourth-order valence-electron chi connectivity index (χ4n) is 2.55. The molecule has 0 bridgehead atoms. The van der Waals surface area contributed by atoms with Crippen molar-refractivity contribution in [3.8, 4) is 0 Å². The van der Waals surface area contributed by atoms with Crippen LogP contribution in [-0.4, -0.2) is 28.4 Å². The number of hydrogen-bond acceptors (Lipinski definition) is 2. The average Bonchev–Trinajstić information content (AvgIpc) is 2.28. The summed E-state index contributed by atoms with van der Waals surface area (Å²) in [5, 5.41) is 0. The van der Waals surface area contributed by atoms with Crippen LogP contribution in [0, 0.1) is 12.8 Å². The van der Waals surface area contributed by atoms with Crippen molar-refractivity contribution in [3.63, 3.8) is 0 Å². The molecule has 0 radical (unpaired) electrons. The topological polar surface area (TPSA) is 33.2 Å². The number of hydrogen-bond donors (Lipinski definition) is 0. The van der Waals surface area contributed by atoms with Gasteiger partial charge in [0.25, 0.3) is 5.91 Å². The molecule has 2 rings (SSSR count). The lowest BCUT2D eigenvalue weighted by molar-refractivity contribution is 0.0588. The number of carbonyl (C=O) groups is 1. The first kappa shape index (κ1) is 12.1. The van der Waals surface area contributed by atoms with E-state index in [0.717, 1.165) is 36.6 Å². The van der Waals surface area contributed by atoms with Gasteiger partial charge in [-0.25, -0.2) is 0 Å². The molecule has 1 aliphatic heterocycles. The zero-order valence-electron chi connectivity index (χ0n) is 10.8. The normalized spacial score (nSPS) is 24.8. The minimum absolute atomic E-state index is 0.148. The smallest absolute Gasteiger partial charge is 0.254 e. The lowest BCUT2D eigenvalue weighted by Gasteiger charge is -2.36. The number of likely N-dealkylation sites (tertiary alicyclic amines) is 1. The monoisotopic (exact) mass is 232 g/mol. The summed E-state index contributed by atoms with van der Waals surface area (Å²) in [5.74, 6) is 0.878. The maximum atomic E-state index is 12.4. The van der Waals surface area contributed by atoms with E-state index in [9.17, 15) is 4.79 Å². The molecule has 0 N–H and O–H groups in total. The highest BCUT2D eigenvalue weighted by atomic mass is 16.2. The standard InChI is InChI=1S/C14H20N2O/c1-10-5-7-16(12(3)8-10)14(17)13-4-6-15-11(2)9-13/h4,6,9-10,12H,5,7-8H2,1-3H3/t10-,12+/m0/s1. The molecule has 0 saturated carbocycles. The second-order valence-corrected chi connectivity index (χ2v) is 5.16. The van der Waals surface area contributed by atoms with Crippen molar-refractivity contribution < 1.29 is 4.79 Å². The summed E-state index contributed by atoms with van der Waals surface area (Å²) in [7, 11) is 0. The Hall–Kier alpha value is -1.38. The minimum atomic E-state index is 0.148. The summed E-state index contributed by atoms with van der Waals surface area (Å²) in [6, 6.07) is 4.02. The van der Waals surface area contributed by atoms with Gasteiger partial charge in [0, 0.05) is 30.0 Å². The summed E-state index contributed by atoms with van der Waals surface area (Å²) < 4.78 is 0. The molecule has 0 spiro atoms. The molecule has 1 aliphatic rings. The Morgan fingerprint density at radius 3 is 2.88 bits per heavy atom. The van der Waals surface area contributed by atoms with Gasteiger partial charge in [0.1, 0.15) is 0 Å². The van der Waals surface area contributed by atoms with Gasteiger partial charge in [-0.1, -0.05) is 6.92 Å². The van der Waals surface area contributed by atoms with Crippen LogP contribution in [0.2, 0.25) is 0 Å². The Labute approximate surface area is 103 Å². The lowest BCUT2D eigenvalue weighted by atomic mass is 9.93. The molecular formula is C14H20N2O. The molecule has 1 aromatic rings. The van der Waals surface area contributed by atoms with Crippen molar-refractivity contribution in [2.24, 2.45) is 5.92 Å². The van der Waals surface area contributed by atoms with Crippen LogP contribution in [0.25, 0.3) is 0 Å². The molecule has 1 saturated heterocycles. The zero-order chi connectivity index (χ0) is 12.4.